The summed E-state index contributed by atoms with van der Waals surface area (Å²) in [6.45, 7) is 0.891. The number of aromatic amines is 1. The van der Waals surface area contributed by atoms with Gasteiger partial charge < -0.3 is 14.1 Å². The van der Waals surface area contributed by atoms with Crippen LogP contribution in [0.1, 0.15) is 5.69 Å². The van der Waals surface area contributed by atoms with Crippen LogP contribution < -0.4 is 0 Å². The molecule has 2 aromatic rings. The fourth-order valence-corrected chi connectivity index (χ4v) is 1.61. The minimum absolute atomic E-state index is 0.771. The Labute approximate surface area is 87.2 Å². The molecule has 2 rings (SSSR count). The smallest absolute Gasteiger partial charge is 0.177 e. The monoisotopic (exact) mass is 208 g/mol. The molecule has 0 radical (unpaired) electrons. The molecule has 5 heteroatoms. The molecule has 0 amide bonds. The number of aromatic nitrogens is 4. The van der Waals surface area contributed by atoms with Crippen LogP contribution in [0.25, 0.3) is 0 Å². The first kappa shape index (κ1) is 9.21. The van der Waals surface area contributed by atoms with E-state index in [1.54, 1.807) is 0 Å². The van der Waals surface area contributed by atoms with E-state index in [2.05, 4.69) is 9.97 Å². The molecule has 0 saturated heterocycles. The van der Waals surface area contributed by atoms with Gasteiger partial charge in [0.25, 0.3) is 0 Å². The molecular formula is C9H12N4S. The number of aryl methyl sites for hydroxylation is 3. The molecule has 0 aliphatic carbocycles. The van der Waals surface area contributed by atoms with E-state index in [1.807, 2.05) is 41.1 Å². The first-order valence-corrected chi connectivity index (χ1v) is 4.87. The Morgan fingerprint density at radius 3 is 3.00 bits per heavy atom. The van der Waals surface area contributed by atoms with E-state index < -0.39 is 0 Å². The van der Waals surface area contributed by atoms with Crippen molar-refractivity contribution in [3.8, 4) is 0 Å². The van der Waals surface area contributed by atoms with E-state index in [-0.39, 0.29) is 0 Å². The van der Waals surface area contributed by atoms with Crippen molar-refractivity contribution < 1.29 is 0 Å². The van der Waals surface area contributed by atoms with E-state index >= 15 is 0 Å². The van der Waals surface area contributed by atoms with Gasteiger partial charge in [-0.1, -0.05) is 0 Å². The van der Waals surface area contributed by atoms with Crippen LogP contribution in [0.5, 0.6) is 0 Å². The fourth-order valence-electron chi connectivity index (χ4n) is 1.39. The van der Waals surface area contributed by atoms with Gasteiger partial charge in [0, 0.05) is 44.3 Å². The predicted molar refractivity (Wildman–Crippen MR) is 56.5 cm³/mol. The third-order valence-electron chi connectivity index (χ3n) is 2.25. The SMILES string of the molecule is Cn1cncc1CCn1cc[nH]c1=S. The lowest BCUT2D eigenvalue weighted by Crippen LogP contribution is -2.03. The van der Waals surface area contributed by atoms with Gasteiger partial charge in [-0.25, -0.2) is 4.98 Å². The Hall–Kier alpha value is -1.36. The predicted octanol–water partition coefficient (Wildman–Crippen LogP) is 1.52. The van der Waals surface area contributed by atoms with E-state index in [0.717, 1.165) is 17.7 Å². The van der Waals surface area contributed by atoms with Gasteiger partial charge in [0.2, 0.25) is 0 Å². The van der Waals surface area contributed by atoms with Gasteiger partial charge in [-0.3, -0.25) is 0 Å². The fraction of sp³-hybridized carbons (Fsp3) is 0.333. The highest BCUT2D eigenvalue weighted by Crippen LogP contribution is 2.00. The molecule has 0 aromatic carbocycles. The molecule has 0 fully saturated rings. The van der Waals surface area contributed by atoms with E-state index in [4.69, 9.17) is 12.2 Å². The normalized spacial score (nSPS) is 10.6. The Kier molecular flexibility index (Phi) is 2.49. The maximum absolute atomic E-state index is 5.10. The Balaban J connectivity index is 2.05. The molecule has 2 heterocycles. The molecule has 0 aliphatic heterocycles. The highest BCUT2D eigenvalue weighted by atomic mass is 32.1. The van der Waals surface area contributed by atoms with Gasteiger partial charge in [-0.2, -0.15) is 0 Å². The van der Waals surface area contributed by atoms with Crippen molar-refractivity contribution in [2.45, 2.75) is 13.0 Å². The molecule has 1 N–H and O–H groups in total. The van der Waals surface area contributed by atoms with Crippen molar-refractivity contribution in [2.24, 2.45) is 7.05 Å². The number of hydrogen-bond acceptors (Lipinski definition) is 2. The number of nitrogens with one attached hydrogen (secondary N) is 1. The summed E-state index contributed by atoms with van der Waals surface area (Å²) in [6.07, 6.45) is 8.45. The van der Waals surface area contributed by atoms with Crippen LogP contribution in [-0.4, -0.2) is 19.1 Å². The number of hydrogen-bond donors (Lipinski definition) is 1. The second-order valence-corrected chi connectivity index (χ2v) is 3.59. The highest BCUT2D eigenvalue weighted by molar-refractivity contribution is 7.71. The van der Waals surface area contributed by atoms with Crippen LogP contribution in [0.2, 0.25) is 0 Å². The van der Waals surface area contributed by atoms with E-state index in [0.29, 0.717) is 0 Å². The lowest BCUT2D eigenvalue weighted by atomic mass is 10.3. The minimum atomic E-state index is 0.771. The lowest BCUT2D eigenvalue weighted by molar-refractivity contribution is 0.657. The third-order valence-corrected chi connectivity index (χ3v) is 2.60. The van der Waals surface area contributed by atoms with Crippen LogP contribution in [0.15, 0.2) is 24.9 Å². The maximum atomic E-state index is 5.10. The summed E-state index contributed by atoms with van der Waals surface area (Å²) in [7, 11) is 2.00. The van der Waals surface area contributed by atoms with Crippen LogP contribution in [0.3, 0.4) is 0 Å². The molecule has 0 spiro atoms. The minimum Gasteiger partial charge on any atom is -0.338 e. The quantitative estimate of drug-likeness (QED) is 0.777. The highest BCUT2D eigenvalue weighted by Gasteiger charge is 1.99. The molecule has 0 saturated carbocycles. The van der Waals surface area contributed by atoms with Gasteiger partial charge in [0.1, 0.15) is 0 Å². The zero-order valence-electron chi connectivity index (χ0n) is 7.97. The number of rotatable bonds is 3. The molecule has 4 nitrogen and oxygen atoms in total. The average Bonchev–Trinajstić information content (AvgIpc) is 2.72. The second-order valence-electron chi connectivity index (χ2n) is 3.20. The Bertz CT molecular complexity index is 465. The molecule has 0 aliphatic rings. The molecular weight excluding hydrogens is 196 g/mol. The summed E-state index contributed by atoms with van der Waals surface area (Å²) < 4.78 is 4.81. The standard InChI is InChI=1S/C9H12N4S/c1-12-7-10-6-8(12)2-4-13-5-3-11-9(13)14/h3,5-7H,2,4H2,1H3,(H,11,14). The number of nitrogens with zero attached hydrogens (tertiary/aromatic N) is 3. The molecule has 0 bridgehead atoms. The first-order chi connectivity index (χ1) is 6.77. The van der Waals surface area contributed by atoms with Crippen LogP contribution in [0.4, 0.5) is 0 Å². The molecule has 0 atom stereocenters. The zero-order chi connectivity index (χ0) is 9.97. The van der Waals surface area contributed by atoms with Crippen molar-refractivity contribution in [3.63, 3.8) is 0 Å². The van der Waals surface area contributed by atoms with Gasteiger partial charge in [0.15, 0.2) is 4.77 Å². The Morgan fingerprint density at radius 1 is 1.57 bits per heavy atom. The maximum Gasteiger partial charge on any atom is 0.177 e. The summed E-state index contributed by atoms with van der Waals surface area (Å²) >= 11 is 5.10. The number of imidazole rings is 2. The van der Waals surface area contributed by atoms with Crippen molar-refractivity contribution in [3.05, 3.63) is 35.4 Å². The third kappa shape index (κ3) is 1.77. The zero-order valence-corrected chi connectivity index (χ0v) is 8.79. The van der Waals surface area contributed by atoms with Gasteiger partial charge in [-0.05, 0) is 12.2 Å². The molecule has 2 aromatic heterocycles. The first-order valence-electron chi connectivity index (χ1n) is 4.46. The summed E-state index contributed by atoms with van der Waals surface area (Å²) in [4.78, 5) is 7.03. The van der Waals surface area contributed by atoms with E-state index in [1.165, 1.54) is 5.69 Å². The van der Waals surface area contributed by atoms with E-state index in [9.17, 15) is 0 Å². The summed E-state index contributed by atoms with van der Waals surface area (Å²) in [5, 5.41) is 0. The van der Waals surface area contributed by atoms with Crippen LogP contribution in [-0.2, 0) is 20.0 Å². The summed E-state index contributed by atoms with van der Waals surface area (Å²) in [5.74, 6) is 0. The largest absolute Gasteiger partial charge is 0.338 e. The van der Waals surface area contributed by atoms with Gasteiger partial charge in [0.05, 0.1) is 6.33 Å². The van der Waals surface area contributed by atoms with Crippen molar-refractivity contribution in [1.82, 2.24) is 19.1 Å². The van der Waals surface area contributed by atoms with Gasteiger partial charge in [-0.15, -0.1) is 0 Å². The summed E-state index contributed by atoms with van der Waals surface area (Å²) in [5.41, 5.74) is 1.22. The lowest BCUT2D eigenvalue weighted by Gasteiger charge is -2.02. The van der Waals surface area contributed by atoms with Crippen molar-refractivity contribution >= 4 is 12.2 Å². The van der Waals surface area contributed by atoms with Gasteiger partial charge >= 0.3 is 0 Å². The number of H-pyrrole nitrogens is 1. The average molecular weight is 208 g/mol. The summed E-state index contributed by atoms with van der Waals surface area (Å²) in [6, 6.07) is 0. The second kappa shape index (κ2) is 3.79. The van der Waals surface area contributed by atoms with Crippen molar-refractivity contribution in [1.29, 1.82) is 0 Å². The molecule has 0 unspecified atom stereocenters. The topological polar surface area (TPSA) is 38.5 Å². The van der Waals surface area contributed by atoms with Crippen LogP contribution in [0, 0.1) is 4.77 Å². The van der Waals surface area contributed by atoms with Crippen LogP contribution >= 0.6 is 12.2 Å². The Morgan fingerprint density at radius 2 is 2.43 bits per heavy atom. The molecule has 74 valence electrons. The molecule has 14 heavy (non-hydrogen) atoms. The van der Waals surface area contributed by atoms with Crippen molar-refractivity contribution in [2.75, 3.05) is 0 Å².